The Bertz CT molecular complexity index is 1160. The Balaban J connectivity index is 1.87. The molecule has 0 aliphatic rings. The lowest BCUT2D eigenvalue weighted by Gasteiger charge is -2.24. The third-order valence-electron chi connectivity index (χ3n) is 5.20. The maximum atomic E-state index is 14.0. The van der Waals surface area contributed by atoms with Crippen LogP contribution in [0.3, 0.4) is 0 Å². The number of alkyl halides is 3. The van der Waals surface area contributed by atoms with Crippen molar-refractivity contribution in [1.29, 1.82) is 0 Å². The number of aromatic nitrogens is 3. The largest absolute Gasteiger partial charge is 0.418 e. The molecule has 3 aromatic rings. The Morgan fingerprint density at radius 2 is 1.78 bits per heavy atom. The van der Waals surface area contributed by atoms with Crippen LogP contribution in [-0.4, -0.2) is 52.3 Å². The quantitative estimate of drug-likeness (QED) is 0.180. The predicted octanol–water partition coefficient (Wildman–Crippen LogP) is 4.63. The third kappa shape index (κ3) is 7.33. The van der Waals surface area contributed by atoms with Crippen molar-refractivity contribution in [2.45, 2.75) is 38.5 Å². The highest BCUT2D eigenvalue weighted by molar-refractivity contribution is 9.10. The molecule has 0 fully saturated rings. The minimum absolute atomic E-state index is 0.0242. The molecule has 37 heavy (non-hydrogen) atoms. The van der Waals surface area contributed by atoms with Crippen molar-refractivity contribution >= 4 is 15.9 Å². The van der Waals surface area contributed by atoms with E-state index in [4.69, 9.17) is 19.9 Å². The van der Waals surface area contributed by atoms with Crippen LogP contribution in [0.2, 0.25) is 0 Å². The molecule has 13 heteroatoms. The zero-order valence-corrected chi connectivity index (χ0v) is 21.7. The summed E-state index contributed by atoms with van der Waals surface area (Å²) in [5, 5.41) is 14.6. The molecule has 0 amide bonds. The minimum Gasteiger partial charge on any atom is -0.389 e. The molecule has 0 saturated heterocycles. The summed E-state index contributed by atoms with van der Waals surface area (Å²) >= 11 is 2.92. The topological polar surface area (TPSA) is 105 Å². The van der Waals surface area contributed by atoms with Crippen LogP contribution < -0.4 is 5.73 Å². The van der Waals surface area contributed by atoms with E-state index in [1.165, 1.54) is 6.92 Å². The number of aliphatic hydroxyl groups excluding tert-OH is 1. The summed E-state index contributed by atoms with van der Waals surface area (Å²) in [7, 11) is 0. The van der Waals surface area contributed by atoms with Crippen molar-refractivity contribution in [3.8, 4) is 5.69 Å². The van der Waals surface area contributed by atoms with E-state index in [1.807, 2.05) is 37.3 Å². The van der Waals surface area contributed by atoms with E-state index in [2.05, 4.69) is 26.0 Å². The lowest BCUT2D eigenvalue weighted by atomic mass is 10.1. The van der Waals surface area contributed by atoms with Gasteiger partial charge in [0.25, 0.3) is 0 Å². The summed E-state index contributed by atoms with van der Waals surface area (Å²) in [6, 6.07) is 10.5. The second-order valence-corrected chi connectivity index (χ2v) is 8.73. The summed E-state index contributed by atoms with van der Waals surface area (Å²) in [5.41, 5.74) is 4.67. The summed E-state index contributed by atoms with van der Waals surface area (Å²) in [6.07, 6.45) is -8.15. The molecule has 0 aliphatic heterocycles. The van der Waals surface area contributed by atoms with Gasteiger partial charge in [-0.2, -0.15) is 18.3 Å². The summed E-state index contributed by atoms with van der Waals surface area (Å²) in [6.45, 7) is 3.35. The first-order chi connectivity index (χ1) is 17.6. The molecule has 3 rings (SSSR count). The highest BCUT2D eigenvalue weighted by atomic mass is 79.9. The van der Waals surface area contributed by atoms with Crippen molar-refractivity contribution < 1.29 is 36.9 Å². The standard InChI is InChI=1S/C24H27BrF4N4O4/c1-3-35-23(15-7-5-4-6-8-15)37-10-9-36-21(20(34)13-30)22-31-14(2)32-33(22)19-12-17(25)18(26)11-16(19)24(27,28)29/h4-8,11-12,20-21,23,34H,3,9-10,13,30H2,1-2H3/t20-,21?,23?/m0/s1. The molecular formula is C24H27BrF4N4O4. The number of benzene rings is 2. The molecule has 0 saturated carbocycles. The molecule has 0 bridgehead atoms. The van der Waals surface area contributed by atoms with E-state index in [9.17, 15) is 22.7 Å². The van der Waals surface area contributed by atoms with Crippen molar-refractivity contribution in [1.82, 2.24) is 14.8 Å². The fraction of sp³-hybridized carbons (Fsp3) is 0.417. The SMILES string of the molecule is CCOC(OCCOC(c1nc(C)nn1-c1cc(Br)c(F)cc1C(F)(F)F)[C@@H](O)CN)c1ccccc1. The number of hydrogen-bond acceptors (Lipinski definition) is 7. The van der Waals surface area contributed by atoms with Crippen molar-refractivity contribution in [3.63, 3.8) is 0 Å². The normalized spacial score (nSPS) is 14.5. The second kappa shape index (κ2) is 12.9. The first-order valence-corrected chi connectivity index (χ1v) is 12.1. The number of ether oxygens (including phenoxy) is 3. The molecule has 1 aromatic heterocycles. The van der Waals surface area contributed by atoms with Gasteiger partial charge in [-0.15, -0.1) is 0 Å². The maximum absolute atomic E-state index is 14.0. The van der Waals surface area contributed by atoms with Gasteiger partial charge in [-0.25, -0.2) is 14.1 Å². The van der Waals surface area contributed by atoms with Crippen molar-refractivity contribution in [2.24, 2.45) is 5.73 Å². The number of rotatable bonds is 12. The van der Waals surface area contributed by atoms with Crippen LogP contribution in [0.5, 0.6) is 0 Å². The van der Waals surface area contributed by atoms with Gasteiger partial charge < -0.3 is 25.1 Å². The van der Waals surface area contributed by atoms with Gasteiger partial charge in [0, 0.05) is 18.7 Å². The summed E-state index contributed by atoms with van der Waals surface area (Å²) in [4.78, 5) is 4.19. The van der Waals surface area contributed by atoms with Crippen LogP contribution in [-0.2, 0) is 20.4 Å². The molecular weight excluding hydrogens is 564 g/mol. The number of hydrogen-bond donors (Lipinski definition) is 2. The van der Waals surface area contributed by atoms with Gasteiger partial charge >= 0.3 is 6.18 Å². The molecule has 2 aromatic carbocycles. The van der Waals surface area contributed by atoms with E-state index in [-0.39, 0.29) is 35.9 Å². The lowest BCUT2D eigenvalue weighted by molar-refractivity contribution is -0.159. The Morgan fingerprint density at radius 3 is 2.41 bits per heavy atom. The number of aryl methyl sites for hydroxylation is 1. The number of aliphatic hydroxyl groups is 1. The molecule has 202 valence electrons. The summed E-state index contributed by atoms with van der Waals surface area (Å²) < 4.78 is 73.2. The van der Waals surface area contributed by atoms with Crippen LogP contribution in [0, 0.1) is 12.7 Å². The highest BCUT2D eigenvalue weighted by Crippen LogP contribution is 2.37. The molecule has 1 heterocycles. The van der Waals surface area contributed by atoms with E-state index in [0.717, 1.165) is 16.3 Å². The molecule has 0 radical (unpaired) electrons. The molecule has 0 spiro atoms. The van der Waals surface area contributed by atoms with Gasteiger partial charge in [0.2, 0.25) is 0 Å². The van der Waals surface area contributed by atoms with Crippen LogP contribution in [0.4, 0.5) is 17.6 Å². The smallest absolute Gasteiger partial charge is 0.389 e. The van der Waals surface area contributed by atoms with Crippen molar-refractivity contribution in [3.05, 3.63) is 75.5 Å². The molecule has 0 aliphatic carbocycles. The van der Waals surface area contributed by atoms with Gasteiger partial charge in [0.15, 0.2) is 12.1 Å². The molecule has 2 unspecified atom stereocenters. The second-order valence-electron chi connectivity index (χ2n) is 7.87. The minimum atomic E-state index is -4.89. The number of halogens is 5. The fourth-order valence-electron chi connectivity index (χ4n) is 3.55. The third-order valence-corrected chi connectivity index (χ3v) is 5.80. The first-order valence-electron chi connectivity index (χ1n) is 11.3. The van der Waals surface area contributed by atoms with E-state index in [0.29, 0.717) is 12.7 Å². The molecule has 8 nitrogen and oxygen atoms in total. The predicted molar refractivity (Wildman–Crippen MR) is 129 cm³/mol. The van der Waals surface area contributed by atoms with Gasteiger partial charge in [-0.3, -0.25) is 0 Å². The van der Waals surface area contributed by atoms with E-state index >= 15 is 0 Å². The Hall–Kier alpha value is -2.42. The monoisotopic (exact) mass is 590 g/mol. The van der Waals surface area contributed by atoms with Crippen LogP contribution >= 0.6 is 15.9 Å². The average molecular weight is 591 g/mol. The highest BCUT2D eigenvalue weighted by Gasteiger charge is 2.37. The van der Waals surface area contributed by atoms with Crippen LogP contribution in [0.15, 0.2) is 46.9 Å². The van der Waals surface area contributed by atoms with E-state index < -0.39 is 41.7 Å². The number of nitrogens with two attached hydrogens (primary N) is 1. The molecule has 3 atom stereocenters. The zero-order valence-electron chi connectivity index (χ0n) is 20.1. The molecule has 3 N–H and O–H groups in total. The first kappa shape index (κ1) is 29.1. The number of nitrogens with zero attached hydrogens (tertiary/aromatic N) is 3. The lowest BCUT2D eigenvalue weighted by Crippen LogP contribution is -2.32. The van der Waals surface area contributed by atoms with Gasteiger partial charge in [0.1, 0.15) is 17.7 Å². The van der Waals surface area contributed by atoms with Gasteiger partial charge in [-0.1, -0.05) is 30.3 Å². The Labute approximate surface area is 219 Å². The Kier molecular flexibility index (Phi) is 10.2. The van der Waals surface area contributed by atoms with Crippen LogP contribution in [0.1, 0.15) is 42.1 Å². The van der Waals surface area contributed by atoms with Crippen molar-refractivity contribution in [2.75, 3.05) is 26.4 Å². The van der Waals surface area contributed by atoms with Gasteiger partial charge in [-0.05, 0) is 41.9 Å². The fourth-order valence-corrected chi connectivity index (χ4v) is 3.88. The van der Waals surface area contributed by atoms with E-state index in [1.54, 1.807) is 0 Å². The van der Waals surface area contributed by atoms with Gasteiger partial charge in [0.05, 0.1) is 35.0 Å². The van der Waals surface area contributed by atoms with Crippen LogP contribution in [0.25, 0.3) is 5.69 Å². The Morgan fingerprint density at radius 1 is 1.11 bits per heavy atom. The zero-order chi connectivity index (χ0) is 27.2. The maximum Gasteiger partial charge on any atom is 0.418 e. The average Bonchev–Trinajstić information content (AvgIpc) is 3.25. The summed E-state index contributed by atoms with van der Waals surface area (Å²) in [5.74, 6) is -1.12.